The van der Waals surface area contributed by atoms with Crippen LogP contribution in [0.1, 0.15) is 56.8 Å². The first-order valence-electron chi connectivity index (χ1n) is 7.64. The van der Waals surface area contributed by atoms with E-state index in [4.69, 9.17) is 5.73 Å². The van der Waals surface area contributed by atoms with Gasteiger partial charge in [-0.05, 0) is 46.5 Å². The molecule has 1 aromatic heterocycles. The fraction of sp³-hybridized carbons (Fsp3) is 0.667. The van der Waals surface area contributed by atoms with Crippen molar-refractivity contribution in [3.63, 3.8) is 0 Å². The lowest BCUT2D eigenvalue weighted by Crippen LogP contribution is -2.32. The van der Waals surface area contributed by atoms with Gasteiger partial charge in [-0.1, -0.05) is 0 Å². The minimum Gasteiger partial charge on any atom is -0.393 e. The molecule has 1 heterocycles. The van der Waals surface area contributed by atoms with Crippen LogP contribution in [-0.2, 0) is 0 Å². The predicted octanol–water partition coefficient (Wildman–Crippen LogP) is 1.50. The van der Waals surface area contributed by atoms with Crippen LogP contribution >= 0.6 is 0 Å². The zero-order valence-electron chi connectivity index (χ0n) is 13.4. The molecule has 0 aliphatic heterocycles. The van der Waals surface area contributed by atoms with Crippen LogP contribution in [0.3, 0.4) is 0 Å². The number of carbonyl (C=O) groups excluding carboxylic acids is 1. The van der Waals surface area contributed by atoms with Crippen molar-refractivity contribution in [1.29, 1.82) is 0 Å². The van der Waals surface area contributed by atoms with Gasteiger partial charge in [0, 0.05) is 17.8 Å². The Morgan fingerprint density at radius 2 is 2.14 bits per heavy atom. The number of rotatable bonds is 4. The third-order valence-corrected chi connectivity index (χ3v) is 3.53. The molecule has 0 unspecified atom stereocenters. The fourth-order valence-electron chi connectivity index (χ4n) is 2.56. The molecular formula is C15H25N5O2. The number of aliphatic hydroxyl groups excluding tert-OH is 1. The normalized spacial score (nSPS) is 22.2. The summed E-state index contributed by atoms with van der Waals surface area (Å²) < 4.78 is 0. The number of nitrogens with two attached hydrogens (primary N) is 1. The fourth-order valence-corrected chi connectivity index (χ4v) is 2.56. The SMILES string of the molecule is CC(C)(C)Nc1ncc(C(N)=O)c(N[C@@H]2CCC[C@H](O)C2)n1. The van der Waals surface area contributed by atoms with Crippen molar-refractivity contribution < 1.29 is 9.90 Å². The van der Waals surface area contributed by atoms with Crippen molar-refractivity contribution in [3.8, 4) is 0 Å². The van der Waals surface area contributed by atoms with Crippen LogP contribution in [0.2, 0.25) is 0 Å². The molecule has 0 radical (unpaired) electrons. The Kier molecular flexibility index (Phi) is 4.85. The van der Waals surface area contributed by atoms with Crippen LogP contribution < -0.4 is 16.4 Å². The number of nitrogens with one attached hydrogen (secondary N) is 2. The quantitative estimate of drug-likeness (QED) is 0.670. The van der Waals surface area contributed by atoms with Crippen molar-refractivity contribution in [1.82, 2.24) is 9.97 Å². The van der Waals surface area contributed by atoms with Gasteiger partial charge < -0.3 is 21.5 Å². The van der Waals surface area contributed by atoms with E-state index in [1.54, 1.807) is 0 Å². The standard InChI is InChI=1S/C15H25N5O2/c1-15(2,3)20-14-17-8-11(12(16)22)13(19-14)18-9-5-4-6-10(21)7-9/h8-10,21H,4-7H2,1-3H3,(H2,16,22)(H2,17,18,19,20)/t9-,10+/m1/s1. The lowest BCUT2D eigenvalue weighted by Gasteiger charge is -2.28. The van der Waals surface area contributed by atoms with Gasteiger partial charge in [-0.25, -0.2) is 4.98 Å². The molecule has 1 fully saturated rings. The molecule has 7 heteroatoms. The molecule has 7 nitrogen and oxygen atoms in total. The summed E-state index contributed by atoms with van der Waals surface area (Å²) in [4.78, 5) is 20.1. The van der Waals surface area contributed by atoms with E-state index in [0.717, 1.165) is 19.3 Å². The van der Waals surface area contributed by atoms with Crippen molar-refractivity contribution in [3.05, 3.63) is 11.8 Å². The third-order valence-electron chi connectivity index (χ3n) is 3.53. The summed E-state index contributed by atoms with van der Waals surface area (Å²) in [6.07, 6.45) is 4.47. The predicted molar refractivity (Wildman–Crippen MR) is 85.8 cm³/mol. The maximum Gasteiger partial charge on any atom is 0.254 e. The Labute approximate surface area is 130 Å². The lowest BCUT2D eigenvalue weighted by molar-refractivity contribution is 0.100. The van der Waals surface area contributed by atoms with Gasteiger partial charge in [-0.3, -0.25) is 4.79 Å². The van der Waals surface area contributed by atoms with E-state index in [-0.39, 0.29) is 23.2 Å². The number of amides is 1. The highest BCUT2D eigenvalue weighted by Crippen LogP contribution is 2.24. The van der Waals surface area contributed by atoms with Crippen LogP contribution in [0, 0.1) is 0 Å². The number of anilines is 2. The number of primary amides is 1. The largest absolute Gasteiger partial charge is 0.393 e. The number of aromatic nitrogens is 2. The molecular weight excluding hydrogens is 282 g/mol. The molecule has 0 bridgehead atoms. The minimum absolute atomic E-state index is 0.0826. The zero-order chi connectivity index (χ0) is 16.3. The molecule has 1 aliphatic rings. The lowest BCUT2D eigenvalue weighted by atomic mass is 9.93. The average molecular weight is 307 g/mol. The molecule has 2 atom stereocenters. The van der Waals surface area contributed by atoms with Crippen LogP contribution in [0.15, 0.2) is 6.20 Å². The number of hydrogen-bond donors (Lipinski definition) is 4. The van der Waals surface area contributed by atoms with Gasteiger partial charge in [0.25, 0.3) is 5.91 Å². The van der Waals surface area contributed by atoms with E-state index in [1.165, 1.54) is 6.20 Å². The molecule has 0 spiro atoms. The highest BCUT2D eigenvalue weighted by atomic mass is 16.3. The van der Waals surface area contributed by atoms with Crippen LogP contribution in [0.4, 0.5) is 11.8 Å². The maximum absolute atomic E-state index is 11.6. The van der Waals surface area contributed by atoms with Gasteiger partial charge in [0.1, 0.15) is 5.82 Å². The summed E-state index contributed by atoms with van der Waals surface area (Å²) >= 11 is 0. The molecule has 2 rings (SSSR count). The molecule has 0 aromatic carbocycles. The van der Waals surface area contributed by atoms with E-state index in [0.29, 0.717) is 18.2 Å². The van der Waals surface area contributed by atoms with E-state index in [1.807, 2.05) is 20.8 Å². The minimum atomic E-state index is -0.568. The average Bonchev–Trinajstić information content (AvgIpc) is 2.36. The Balaban J connectivity index is 2.21. The summed E-state index contributed by atoms with van der Waals surface area (Å²) in [5.74, 6) is 0.297. The maximum atomic E-state index is 11.6. The van der Waals surface area contributed by atoms with Crippen molar-refractivity contribution in [2.24, 2.45) is 5.73 Å². The van der Waals surface area contributed by atoms with Crippen LogP contribution in [-0.4, -0.2) is 38.7 Å². The molecule has 22 heavy (non-hydrogen) atoms. The Morgan fingerprint density at radius 3 is 2.73 bits per heavy atom. The second kappa shape index (κ2) is 6.48. The third kappa shape index (κ3) is 4.56. The summed E-state index contributed by atoms with van der Waals surface area (Å²) in [6, 6.07) is 0.0826. The Bertz CT molecular complexity index is 541. The highest BCUT2D eigenvalue weighted by Gasteiger charge is 2.23. The summed E-state index contributed by atoms with van der Waals surface area (Å²) in [5, 5.41) is 16.2. The zero-order valence-corrected chi connectivity index (χ0v) is 13.4. The van der Waals surface area contributed by atoms with Gasteiger partial charge in [0.05, 0.1) is 11.7 Å². The van der Waals surface area contributed by atoms with Crippen molar-refractivity contribution in [2.45, 2.75) is 64.1 Å². The van der Waals surface area contributed by atoms with Gasteiger partial charge in [-0.15, -0.1) is 0 Å². The number of hydrogen-bond acceptors (Lipinski definition) is 6. The Morgan fingerprint density at radius 1 is 1.41 bits per heavy atom. The summed E-state index contributed by atoms with van der Waals surface area (Å²) in [7, 11) is 0. The second-order valence-electron chi connectivity index (χ2n) is 6.86. The van der Waals surface area contributed by atoms with Gasteiger partial charge in [-0.2, -0.15) is 4.98 Å². The molecule has 1 aromatic rings. The molecule has 0 saturated heterocycles. The van der Waals surface area contributed by atoms with Crippen molar-refractivity contribution in [2.75, 3.05) is 10.6 Å². The summed E-state index contributed by atoms with van der Waals surface area (Å²) in [5.41, 5.74) is 5.47. The first-order valence-corrected chi connectivity index (χ1v) is 7.64. The topological polar surface area (TPSA) is 113 Å². The first-order chi connectivity index (χ1) is 10.2. The molecule has 1 aliphatic carbocycles. The van der Waals surface area contributed by atoms with Gasteiger partial charge >= 0.3 is 0 Å². The van der Waals surface area contributed by atoms with E-state index in [2.05, 4.69) is 20.6 Å². The van der Waals surface area contributed by atoms with Gasteiger partial charge in [0.2, 0.25) is 5.95 Å². The monoisotopic (exact) mass is 307 g/mol. The van der Waals surface area contributed by atoms with E-state index < -0.39 is 5.91 Å². The number of nitrogens with zero attached hydrogens (tertiary/aromatic N) is 2. The highest BCUT2D eigenvalue weighted by molar-refractivity contribution is 5.97. The second-order valence-corrected chi connectivity index (χ2v) is 6.86. The summed E-state index contributed by atoms with van der Waals surface area (Å²) in [6.45, 7) is 6.01. The molecule has 122 valence electrons. The van der Waals surface area contributed by atoms with Crippen LogP contribution in [0.5, 0.6) is 0 Å². The van der Waals surface area contributed by atoms with Gasteiger partial charge in [0.15, 0.2) is 0 Å². The van der Waals surface area contributed by atoms with Crippen LogP contribution in [0.25, 0.3) is 0 Å². The van der Waals surface area contributed by atoms with E-state index in [9.17, 15) is 9.90 Å². The smallest absolute Gasteiger partial charge is 0.254 e. The number of carbonyl (C=O) groups is 1. The molecule has 1 saturated carbocycles. The van der Waals surface area contributed by atoms with E-state index >= 15 is 0 Å². The molecule has 5 N–H and O–H groups in total. The van der Waals surface area contributed by atoms with Crippen molar-refractivity contribution >= 4 is 17.7 Å². The first kappa shape index (κ1) is 16.5. The molecule has 1 amide bonds. The number of aliphatic hydroxyl groups is 1. The Hall–Kier alpha value is -1.89.